The Balaban J connectivity index is 2.58. The Hall–Kier alpha value is -1.72. The Bertz CT molecular complexity index is 275. The number of anilines is 1. The minimum absolute atomic E-state index is 0.0174. The van der Waals surface area contributed by atoms with Crippen LogP contribution < -0.4 is 5.73 Å². The summed E-state index contributed by atoms with van der Waals surface area (Å²) in [5.74, 6) is -0.934. The van der Waals surface area contributed by atoms with Crippen LogP contribution in [-0.4, -0.2) is 26.0 Å². The van der Waals surface area contributed by atoms with Gasteiger partial charge in [0.1, 0.15) is 0 Å². The number of imidazole rings is 1. The van der Waals surface area contributed by atoms with Gasteiger partial charge >= 0.3 is 5.97 Å². The number of aryl methyl sites for hydroxylation is 1. The third-order valence-electron chi connectivity index (χ3n) is 1.36. The number of hydrogen-bond donors (Lipinski definition) is 3. The van der Waals surface area contributed by atoms with Gasteiger partial charge in [0.2, 0.25) is 5.95 Å². The first-order valence-electron chi connectivity index (χ1n) is 3.34. The summed E-state index contributed by atoms with van der Waals surface area (Å²) in [6.45, 7) is 0. The standard InChI is InChI=1S/C6H9N3O3/c7-6-8-4(3-9(6)12)1-2-5(10)11/h3,12H,1-2H2,(H2,7,8)(H,10,11). The lowest BCUT2D eigenvalue weighted by atomic mass is 10.2. The van der Waals surface area contributed by atoms with Crippen LogP contribution in [0.5, 0.6) is 0 Å². The number of nitrogens with two attached hydrogens (primary N) is 1. The molecule has 0 fully saturated rings. The third kappa shape index (κ3) is 1.88. The van der Waals surface area contributed by atoms with Crippen LogP contribution in [0.2, 0.25) is 0 Å². The highest BCUT2D eigenvalue weighted by Gasteiger charge is 2.05. The van der Waals surface area contributed by atoms with E-state index in [9.17, 15) is 4.79 Å². The summed E-state index contributed by atoms with van der Waals surface area (Å²) < 4.78 is 0.664. The molecule has 1 rings (SSSR count). The van der Waals surface area contributed by atoms with Gasteiger partial charge in [-0.2, -0.15) is 4.73 Å². The average Bonchev–Trinajstić information content (AvgIpc) is 2.28. The molecule has 0 unspecified atom stereocenters. The van der Waals surface area contributed by atoms with Crippen molar-refractivity contribution in [2.75, 3.05) is 5.73 Å². The molecule has 0 radical (unpaired) electrons. The van der Waals surface area contributed by atoms with Crippen molar-refractivity contribution in [3.8, 4) is 0 Å². The molecule has 0 atom stereocenters. The Morgan fingerprint density at radius 1 is 1.75 bits per heavy atom. The lowest BCUT2D eigenvalue weighted by molar-refractivity contribution is -0.136. The fourth-order valence-electron chi connectivity index (χ4n) is 0.790. The maximum Gasteiger partial charge on any atom is 0.303 e. The Kier molecular flexibility index (Phi) is 2.18. The summed E-state index contributed by atoms with van der Waals surface area (Å²) in [5.41, 5.74) is 5.67. The minimum Gasteiger partial charge on any atom is -0.481 e. The summed E-state index contributed by atoms with van der Waals surface area (Å²) in [6, 6.07) is 0. The molecule has 1 aromatic heterocycles. The highest BCUT2D eigenvalue weighted by Crippen LogP contribution is 2.04. The molecule has 1 aromatic rings. The second-order valence-corrected chi connectivity index (χ2v) is 2.33. The average molecular weight is 171 g/mol. The van der Waals surface area contributed by atoms with Crippen molar-refractivity contribution >= 4 is 11.9 Å². The fourth-order valence-corrected chi connectivity index (χ4v) is 0.790. The number of aromatic nitrogens is 2. The van der Waals surface area contributed by atoms with E-state index >= 15 is 0 Å². The molecule has 0 aliphatic heterocycles. The molecule has 0 spiro atoms. The number of carbonyl (C=O) groups is 1. The van der Waals surface area contributed by atoms with Gasteiger partial charge < -0.3 is 16.0 Å². The molecule has 0 bridgehead atoms. The van der Waals surface area contributed by atoms with E-state index in [1.54, 1.807) is 0 Å². The highest BCUT2D eigenvalue weighted by molar-refractivity contribution is 5.66. The second kappa shape index (κ2) is 3.12. The van der Waals surface area contributed by atoms with Gasteiger partial charge in [0, 0.05) is 6.42 Å². The number of rotatable bonds is 3. The van der Waals surface area contributed by atoms with Crippen LogP contribution in [-0.2, 0) is 11.2 Å². The molecule has 6 nitrogen and oxygen atoms in total. The number of carboxylic acids is 1. The molecule has 0 aromatic carbocycles. The number of hydrogen-bond acceptors (Lipinski definition) is 4. The van der Waals surface area contributed by atoms with Crippen molar-refractivity contribution in [1.29, 1.82) is 0 Å². The van der Waals surface area contributed by atoms with E-state index in [-0.39, 0.29) is 18.8 Å². The normalized spacial score (nSPS) is 10.0. The van der Waals surface area contributed by atoms with Crippen LogP contribution in [0.4, 0.5) is 5.95 Å². The van der Waals surface area contributed by atoms with Crippen LogP contribution in [0, 0.1) is 0 Å². The van der Waals surface area contributed by atoms with E-state index < -0.39 is 5.97 Å². The van der Waals surface area contributed by atoms with E-state index in [1.807, 2.05) is 0 Å². The van der Waals surface area contributed by atoms with Crippen molar-refractivity contribution in [2.45, 2.75) is 12.8 Å². The van der Waals surface area contributed by atoms with Crippen molar-refractivity contribution in [3.05, 3.63) is 11.9 Å². The Labute approximate surface area is 68.2 Å². The molecule has 66 valence electrons. The zero-order chi connectivity index (χ0) is 9.14. The molecule has 1 heterocycles. The van der Waals surface area contributed by atoms with Gasteiger partial charge in [-0.25, -0.2) is 4.98 Å². The van der Waals surface area contributed by atoms with Crippen molar-refractivity contribution in [1.82, 2.24) is 9.71 Å². The molecule has 4 N–H and O–H groups in total. The predicted octanol–water partition coefficient (Wildman–Crippen LogP) is -0.280. The first kappa shape index (κ1) is 8.38. The van der Waals surface area contributed by atoms with E-state index in [2.05, 4.69) is 4.98 Å². The molecule has 12 heavy (non-hydrogen) atoms. The number of nitrogen functional groups attached to an aromatic ring is 1. The largest absolute Gasteiger partial charge is 0.481 e. The molecule has 0 saturated heterocycles. The van der Waals surface area contributed by atoms with Crippen molar-refractivity contribution < 1.29 is 15.1 Å². The van der Waals surface area contributed by atoms with Crippen LogP contribution >= 0.6 is 0 Å². The Morgan fingerprint density at radius 2 is 2.42 bits per heavy atom. The van der Waals surface area contributed by atoms with Gasteiger partial charge in [0.15, 0.2) is 0 Å². The van der Waals surface area contributed by atoms with Crippen molar-refractivity contribution in [3.63, 3.8) is 0 Å². The lowest BCUT2D eigenvalue weighted by Gasteiger charge is -1.88. The third-order valence-corrected chi connectivity index (χ3v) is 1.36. The van der Waals surface area contributed by atoms with E-state index in [1.165, 1.54) is 6.20 Å². The van der Waals surface area contributed by atoms with E-state index in [0.29, 0.717) is 10.4 Å². The quantitative estimate of drug-likeness (QED) is 0.543. The number of aliphatic carboxylic acids is 1. The van der Waals surface area contributed by atoms with Crippen LogP contribution in [0.1, 0.15) is 12.1 Å². The summed E-state index contributed by atoms with van der Waals surface area (Å²) >= 11 is 0. The number of carboxylic acid groups (broad SMARTS) is 1. The van der Waals surface area contributed by atoms with Gasteiger partial charge in [0.05, 0.1) is 18.3 Å². The van der Waals surface area contributed by atoms with Crippen LogP contribution in [0.15, 0.2) is 6.20 Å². The van der Waals surface area contributed by atoms with Gasteiger partial charge in [-0.15, -0.1) is 0 Å². The monoisotopic (exact) mass is 171 g/mol. The molecular weight excluding hydrogens is 162 g/mol. The van der Waals surface area contributed by atoms with E-state index in [0.717, 1.165) is 0 Å². The molecule has 0 amide bonds. The van der Waals surface area contributed by atoms with Gasteiger partial charge in [0.25, 0.3) is 0 Å². The highest BCUT2D eigenvalue weighted by atomic mass is 16.5. The summed E-state index contributed by atoms with van der Waals surface area (Å²) in [7, 11) is 0. The van der Waals surface area contributed by atoms with Crippen LogP contribution in [0.25, 0.3) is 0 Å². The van der Waals surface area contributed by atoms with E-state index in [4.69, 9.17) is 16.0 Å². The van der Waals surface area contributed by atoms with Crippen molar-refractivity contribution in [2.24, 2.45) is 0 Å². The van der Waals surface area contributed by atoms with Gasteiger partial charge in [-0.3, -0.25) is 4.79 Å². The van der Waals surface area contributed by atoms with Crippen LogP contribution in [0.3, 0.4) is 0 Å². The molecule has 6 heteroatoms. The maximum atomic E-state index is 10.1. The first-order valence-corrected chi connectivity index (χ1v) is 3.34. The number of nitrogens with zero attached hydrogens (tertiary/aromatic N) is 2. The minimum atomic E-state index is -0.902. The molecule has 0 aliphatic carbocycles. The van der Waals surface area contributed by atoms with Gasteiger partial charge in [-0.1, -0.05) is 0 Å². The summed E-state index contributed by atoms with van der Waals surface area (Å²) in [5, 5.41) is 17.2. The predicted molar refractivity (Wildman–Crippen MR) is 39.8 cm³/mol. The summed E-state index contributed by atoms with van der Waals surface area (Å²) in [4.78, 5) is 13.8. The summed E-state index contributed by atoms with van der Waals surface area (Å²) in [6.07, 6.45) is 1.54. The lowest BCUT2D eigenvalue weighted by Crippen LogP contribution is -1.97. The zero-order valence-corrected chi connectivity index (χ0v) is 6.27. The van der Waals surface area contributed by atoms with Gasteiger partial charge in [-0.05, 0) is 0 Å². The molecule has 0 aliphatic rings. The zero-order valence-electron chi connectivity index (χ0n) is 6.27. The smallest absolute Gasteiger partial charge is 0.303 e. The topological polar surface area (TPSA) is 101 Å². The maximum absolute atomic E-state index is 10.1. The first-order chi connectivity index (χ1) is 5.59. The fraction of sp³-hybridized carbons (Fsp3) is 0.333. The molecular formula is C6H9N3O3. The Morgan fingerprint density at radius 3 is 2.83 bits per heavy atom. The SMILES string of the molecule is Nc1nc(CCC(=O)O)cn1O. The molecule has 0 saturated carbocycles. The second-order valence-electron chi connectivity index (χ2n) is 2.33.